The van der Waals surface area contributed by atoms with Crippen LogP contribution in [0.4, 0.5) is 0 Å². The maximum atomic E-state index is 11.6. The molecule has 0 bridgehead atoms. The van der Waals surface area contributed by atoms with Gasteiger partial charge in [0.05, 0.1) is 33.0 Å². The summed E-state index contributed by atoms with van der Waals surface area (Å²) in [5, 5.41) is 0. The quantitative estimate of drug-likeness (QED) is 0.592. The minimum absolute atomic E-state index is 0.166. The van der Waals surface area contributed by atoms with E-state index in [1.807, 2.05) is 0 Å². The van der Waals surface area contributed by atoms with Crippen molar-refractivity contribution in [2.75, 3.05) is 21.3 Å². The van der Waals surface area contributed by atoms with Gasteiger partial charge < -0.3 is 18.9 Å². The standard InChI is InChI=1S/C15H20O5/c1-10(2)20-14(16)9-6-11-12(17-3)7-8-13(18-4)15(11)19-5/h6-10H,1-5H3. The van der Waals surface area contributed by atoms with Crippen molar-refractivity contribution in [3.05, 3.63) is 23.8 Å². The average Bonchev–Trinajstić information content (AvgIpc) is 2.42. The van der Waals surface area contributed by atoms with Crippen LogP contribution >= 0.6 is 0 Å². The number of methoxy groups -OCH3 is 3. The zero-order valence-corrected chi connectivity index (χ0v) is 12.4. The van der Waals surface area contributed by atoms with Crippen LogP contribution < -0.4 is 14.2 Å². The Bertz CT molecular complexity index is 491. The maximum Gasteiger partial charge on any atom is 0.331 e. The molecule has 0 aliphatic rings. The Kier molecular flexibility index (Phi) is 5.90. The van der Waals surface area contributed by atoms with Crippen molar-refractivity contribution in [1.82, 2.24) is 0 Å². The van der Waals surface area contributed by atoms with Crippen molar-refractivity contribution >= 4 is 12.0 Å². The molecule has 0 spiro atoms. The van der Waals surface area contributed by atoms with Crippen molar-refractivity contribution in [3.63, 3.8) is 0 Å². The maximum absolute atomic E-state index is 11.6. The van der Waals surface area contributed by atoms with Gasteiger partial charge in [0.25, 0.3) is 0 Å². The number of carbonyl (C=O) groups is 1. The first-order chi connectivity index (χ1) is 9.53. The summed E-state index contributed by atoms with van der Waals surface area (Å²) in [6.45, 7) is 3.58. The van der Waals surface area contributed by atoms with Gasteiger partial charge in [-0.15, -0.1) is 0 Å². The average molecular weight is 280 g/mol. The van der Waals surface area contributed by atoms with E-state index in [9.17, 15) is 4.79 Å². The van der Waals surface area contributed by atoms with Crippen molar-refractivity contribution in [2.45, 2.75) is 20.0 Å². The molecule has 0 heterocycles. The minimum atomic E-state index is -0.424. The number of hydrogen-bond acceptors (Lipinski definition) is 5. The van der Waals surface area contributed by atoms with Gasteiger partial charge in [0, 0.05) is 6.08 Å². The number of rotatable bonds is 6. The van der Waals surface area contributed by atoms with Gasteiger partial charge in [-0.2, -0.15) is 0 Å². The largest absolute Gasteiger partial charge is 0.496 e. The van der Waals surface area contributed by atoms with E-state index in [2.05, 4.69) is 0 Å². The minimum Gasteiger partial charge on any atom is -0.496 e. The third-order valence-electron chi connectivity index (χ3n) is 2.50. The van der Waals surface area contributed by atoms with Gasteiger partial charge in [0.2, 0.25) is 0 Å². The molecule has 20 heavy (non-hydrogen) atoms. The predicted molar refractivity (Wildman–Crippen MR) is 76.4 cm³/mol. The Hall–Kier alpha value is -2.17. The van der Waals surface area contributed by atoms with E-state index in [1.165, 1.54) is 13.2 Å². The van der Waals surface area contributed by atoms with Crippen molar-refractivity contribution in [1.29, 1.82) is 0 Å². The van der Waals surface area contributed by atoms with E-state index in [-0.39, 0.29) is 6.10 Å². The molecule has 0 aliphatic carbocycles. The van der Waals surface area contributed by atoms with Crippen LogP contribution in [0, 0.1) is 0 Å². The molecule has 0 fully saturated rings. The SMILES string of the molecule is COc1ccc(OC)c(OC)c1C=CC(=O)OC(C)C. The molecule has 5 nitrogen and oxygen atoms in total. The Morgan fingerprint density at radius 1 is 1.05 bits per heavy atom. The summed E-state index contributed by atoms with van der Waals surface area (Å²) in [5.74, 6) is 1.22. The van der Waals surface area contributed by atoms with E-state index in [4.69, 9.17) is 18.9 Å². The molecule has 0 aromatic heterocycles. The molecular weight excluding hydrogens is 260 g/mol. The second-order valence-electron chi connectivity index (χ2n) is 4.24. The summed E-state index contributed by atoms with van der Waals surface area (Å²) in [6, 6.07) is 3.48. The van der Waals surface area contributed by atoms with E-state index >= 15 is 0 Å². The second-order valence-corrected chi connectivity index (χ2v) is 4.24. The summed E-state index contributed by atoms with van der Waals surface area (Å²) in [5.41, 5.74) is 0.620. The molecule has 0 amide bonds. The van der Waals surface area contributed by atoms with E-state index in [0.717, 1.165) is 0 Å². The number of ether oxygens (including phenoxy) is 4. The van der Waals surface area contributed by atoms with Gasteiger partial charge >= 0.3 is 5.97 Å². The molecule has 1 aromatic rings. The first-order valence-corrected chi connectivity index (χ1v) is 6.21. The summed E-state index contributed by atoms with van der Waals surface area (Å²) in [6.07, 6.45) is 2.76. The molecular formula is C15H20O5. The summed E-state index contributed by atoms with van der Waals surface area (Å²) in [7, 11) is 4.62. The summed E-state index contributed by atoms with van der Waals surface area (Å²) in [4.78, 5) is 11.6. The number of esters is 1. The van der Waals surface area contributed by atoms with Gasteiger partial charge in [-0.3, -0.25) is 0 Å². The van der Waals surface area contributed by atoms with Crippen LogP contribution in [0.5, 0.6) is 17.2 Å². The lowest BCUT2D eigenvalue weighted by atomic mass is 10.1. The van der Waals surface area contributed by atoms with Gasteiger partial charge in [-0.25, -0.2) is 4.79 Å². The molecule has 1 aromatic carbocycles. The van der Waals surface area contributed by atoms with E-state index in [0.29, 0.717) is 22.8 Å². The van der Waals surface area contributed by atoms with Crippen molar-refractivity contribution < 1.29 is 23.7 Å². The Morgan fingerprint density at radius 3 is 2.15 bits per heavy atom. The lowest BCUT2D eigenvalue weighted by Gasteiger charge is -2.13. The highest BCUT2D eigenvalue weighted by atomic mass is 16.5. The summed E-state index contributed by atoms with van der Waals surface area (Å²) >= 11 is 0. The van der Waals surface area contributed by atoms with Crippen LogP contribution in [0.1, 0.15) is 19.4 Å². The zero-order chi connectivity index (χ0) is 15.1. The fourth-order valence-electron chi connectivity index (χ4n) is 1.69. The lowest BCUT2D eigenvalue weighted by molar-refractivity contribution is -0.141. The molecule has 0 N–H and O–H groups in total. The monoisotopic (exact) mass is 280 g/mol. The van der Waals surface area contributed by atoms with Crippen LogP contribution in [0.15, 0.2) is 18.2 Å². The van der Waals surface area contributed by atoms with Crippen LogP contribution in [0.3, 0.4) is 0 Å². The number of hydrogen-bond donors (Lipinski definition) is 0. The Morgan fingerprint density at radius 2 is 1.65 bits per heavy atom. The predicted octanol–water partition coefficient (Wildman–Crippen LogP) is 2.68. The first-order valence-electron chi connectivity index (χ1n) is 6.21. The highest BCUT2D eigenvalue weighted by Crippen LogP contribution is 2.38. The third-order valence-corrected chi connectivity index (χ3v) is 2.50. The lowest BCUT2D eigenvalue weighted by Crippen LogP contribution is -2.08. The van der Waals surface area contributed by atoms with Crippen LogP contribution in [-0.2, 0) is 9.53 Å². The Balaban J connectivity index is 3.14. The number of benzene rings is 1. The Labute approximate surface area is 119 Å². The normalized spacial score (nSPS) is 10.7. The molecule has 0 saturated carbocycles. The van der Waals surface area contributed by atoms with E-state index < -0.39 is 5.97 Å². The highest BCUT2D eigenvalue weighted by molar-refractivity contribution is 5.88. The molecule has 0 unspecified atom stereocenters. The third kappa shape index (κ3) is 3.91. The summed E-state index contributed by atoms with van der Waals surface area (Å²) < 4.78 is 20.8. The second kappa shape index (κ2) is 7.43. The van der Waals surface area contributed by atoms with Crippen molar-refractivity contribution in [3.8, 4) is 17.2 Å². The van der Waals surface area contributed by atoms with Gasteiger partial charge in [-0.05, 0) is 32.1 Å². The molecule has 110 valence electrons. The first kappa shape index (κ1) is 15.9. The fourth-order valence-corrected chi connectivity index (χ4v) is 1.69. The van der Waals surface area contributed by atoms with Gasteiger partial charge in [-0.1, -0.05) is 0 Å². The van der Waals surface area contributed by atoms with Gasteiger partial charge in [0.15, 0.2) is 11.5 Å². The van der Waals surface area contributed by atoms with Crippen LogP contribution in [0.2, 0.25) is 0 Å². The molecule has 0 atom stereocenters. The molecule has 0 aliphatic heterocycles. The van der Waals surface area contributed by atoms with Crippen LogP contribution in [-0.4, -0.2) is 33.4 Å². The highest BCUT2D eigenvalue weighted by Gasteiger charge is 2.14. The zero-order valence-electron chi connectivity index (χ0n) is 12.4. The smallest absolute Gasteiger partial charge is 0.331 e. The van der Waals surface area contributed by atoms with Gasteiger partial charge in [0.1, 0.15) is 5.75 Å². The van der Waals surface area contributed by atoms with E-state index in [1.54, 1.807) is 46.3 Å². The van der Waals surface area contributed by atoms with Crippen LogP contribution in [0.25, 0.3) is 6.08 Å². The topological polar surface area (TPSA) is 54.0 Å². The molecule has 1 rings (SSSR count). The van der Waals surface area contributed by atoms with Crippen molar-refractivity contribution in [2.24, 2.45) is 0 Å². The molecule has 0 radical (unpaired) electrons. The fraction of sp³-hybridized carbons (Fsp3) is 0.400. The molecule has 0 saturated heterocycles. The number of carbonyl (C=O) groups excluding carboxylic acids is 1. The molecule has 5 heteroatoms.